The summed E-state index contributed by atoms with van der Waals surface area (Å²) in [7, 11) is 0. The molecule has 20 heavy (non-hydrogen) atoms. The number of hydrogen-bond acceptors (Lipinski definition) is 4. The Labute approximate surface area is 116 Å². The Kier molecular flexibility index (Phi) is 4.62. The maximum absolute atomic E-state index is 13.8. The molecular weight excluding hydrogens is 259 g/mol. The van der Waals surface area contributed by atoms with E-state index in [4.69, 9.17) is 10.9 Å². The normalized spacial score (nSPS) is 11.6. The van der Waals surface area contributed by atoms with Crippen LogP contribution in [-0.2, 0) is 13.1 Å². The fraction of sp³-hybridized carbons (Fsp3) is 0.143. The minimum atomic E-state index is -0.396. The van der Waals surface area contributed by atoms with Crippen molar-refractivity contribution in [1.82, 2.24) is 10.3 Å². The molecule has 6 heteroatoms. The largest absolute Gasteiger partial charge is 0.409 e. The molecule has 0 atom stereocenters. The first-order chi connectivity index (χ1) is 9.70. The maximum atomic E-state index is 13.8. The Morgan fingerprint density at radius 2 is 2.20 bits per heavy atom. The molecule has 0 amide bonds. The maximum Gasteiger partial charge on any atom is 0.170 e. The van der Waals surface area contributed by atoms with Gasteiger partial charge >= 0.3 is 0 Å². The first-order valence-electron chi connectivity index (χ1n) is 6.06. The number of rotatable bonds is 5. The monoisotopic (exact) mass is 274 g/mol. The van der Waals surface area contributed by atoms with Crippen molar-refractivity contribution in [3.8, 4) is 0 Å². The minimum absolute atomic E-state index is 0.112. The molecule has 0 spiro atoms. The number of benzene rings is 1. The van der Waals surface area contributed by atoms with Crippen LogP contribution in [0.1, 0.15) is 16.7 Å². The molecular formula is C14H15FN4O. The van der Waals surface area contributed by atoms with Crippen LogP contribution >= 0.6 is 0 Å². The van der Waals surface area contributed by atoms with E-state index in [2.05, 4.69) is 15.5 Å². The van der Waals surface area contributed by atoms with E-state index in [-0.39, 0.29) is 5.84 Å². The molecule has 4 N–H and O–H groups in total. The number of oxime groups is 1. The van der Waals surface area contributed by atoms with Crippen LogP contribution in [0.15, 0.2) is 47.9 Å². The van der Waals surface area contributed by atoms with Crippen molar-refractivity contribution < 1.29 is 9.60 Å². The van der Waals surface area contributed by atoms with Crippen molar-refractivity contribution in [3.05, 3.63) is 65.2 Å². The van der Waals surface area contributed by atoms with Crippen molar-refractivity contribution in [2.45, 2.75) is 13.1 Å². The van der Waals surface area contributed by atoms with Gasteiger partial charge in [0.25, 0.3) is 0 Å². The van der Waals surface area contributed by atoms with E-state index in [1.54, 1.807) is 24.5 Å². The molecule has 0 saturated carbocycles. The molecule has 0 unspecified atom stereocenters. The van der Waals surface area contributed by atoms with Crippen LogP contribution < -0.4 is 11.1 Å². The topological polar surface area (TPSA) is 83.5 Å². The van der Waals surface area contributed by atoms with Crippen LogP contribution in [0.3, 0.4) is 0 Å². The van der Waals surface area contributed by atoms with Gasteiger partial charge in [-0.1, -0.05) is 23.4 Å². The third kappa shape index (κ3) is 3.52. The highest BCUT2D eigenvalue weighted by Gasteiger charge is 2.06. The van der Waals surface area contributed by atoms with Gasteiger partial charge in [0.05, 0.1) is 0 Å². The molecule has 104 valence electrons. The second kappa shape index (κ2) is 6.63. The Hall–Kier alpha value is -2.47. The lowest BCUT2D eigenvalue weighted by Gasteiger charge is -2.07. The van der Waals surface area contributed by atoms with Gasteiger partial charge in [0.1, 0.15) is 5.82 Å². The van der Waals surface area contributed by atoms with E-state index in [0.29, 0.717) is 24.2 Å². The highest BCUT2D eigenvalue weighted by atomic mass is 19.1. The number of nitrogens with two attached hydrogens (primary N) is 1. The lowest BCUT2D eigenvalue weighted by Crippen LogP contribution is -2.16. The number of pyridine rings is 1. The van der Waals surface area contributed by atoms with Gasteiger partial charge in [-0.2, -0.15) is 0 Å². The van der Waals surface area contributed by atoms with Gasteiger partial charge < -0.3 is 16.3 Å². The third-order valence-electron chi connectivity index (χ3n) is 2.82. The summed E-state index contributed by atoms with van der Waals surface area (Å²) in [6.45, 7) is 0.993. The summed E-state index contributed by atoms with van der Waals surface area (Å²) >= 11 is 0. The molecule has 2 aromatic rings. The lowest BCUT2D eigenvalue weighted by atomic mass is 10.1. The highest BCUT2D eigenvalue weighted by Crippen LogP contribution is 2.10. The molecule has 1 heterocycles. The van der Waals surface area contributed by atoms with Crippen molar-refractivity contribution in [1.29, 1.82) is 0 Å². The fourth-order valence-electron chi connectivity index (χ4n) is 1.75. The van der Waals surface area contributed by atoms with Crippen molar-refractivity contribution in [3.63, 3.8) is 0 Å². The van der Waals surface area contributed by atoms with E-state index >= 15 is 0 Å². The van der Waals surface area contributed by atoms with Gasteiger partial charge in [-0.15, -0.1) is 0 Å². The summed E-state index contributed by atoms with van der Waals surface area (Å²) in [6.07, 6.45) is 3.46. The Morgan fingerprint density at radius 1 is 1.35 bits per heavy atom. The molecule has 1 aromatic heterocycles. The summed E-state index contributed by atoms with van der Waals surface area (Å²) in [5.74, 6) is -0.508. The molecule has 1 aromatic carbocycles. The number of nitrogens with one attached hydrogen (secondary N) is 1. The number of nitrogens with zero attached hydrogens (tertiary/aromatic N) is 2. The second-order valence-electron chi connectivity index (χ2n) is 4.26. The van der Waals surface area contributed by atoms with Gasteiger partial charge in [0.2, 0.25) is 0 Å². The number of hydrogen-bond donors (Lipinski definition) is 3. The van der Waals surface area contributed by atoms with E-state index in [0.717, 1.165) is 5.56 Å². The first-order valence-corrected chi connectivity index (χ1v) is 6.06. The van der Waals surface area contributed by atoms with E-state index in [9.17, 15) is 4.39 Å². The zero-order valence-electron chi connectivity index (χ0n) is 10.8. The number of amidine groups is 1. The Balaban J connectivity index is 1.97. The predicted molar refractivity (Wildman–Crippen MR) is 73.7 cm³/mol. The summed E-state index contributed by atoms with van der Waals surface area (Å²) in [5, 5.41) is 14.5. The van der Waals surface area contributed by atoms with Gasteiger partial charge in [-0.25, -0.2) is 4.39 Å². The van der Waals surface area contributed by atoms with E-state index < -0.39 is 5.82 Å². The van der Waals surface area contributed by atoms with Gasteiger partial charge in [0, 0.05) is 36.6 Å². The van der Waals surface area contributed by atoms with Crippen molar-refractivity contribution >= 4 is 5.84 Å². The highest BCUT2D eigenvalue weighted by molar-refractivity contribution is 5.97. The van der Waals surface area contributed by atoms with Crippen molar-refractivity contribution in [2.24, 2.45) is 10.9 Å². The zero-order valence-corrected chi connectivity index (χ0v) is 10.8. The van der Waals surface area contributed by atoms with Gasteiger partial charge in [-0.05, 0) is 17.7 Å². The summed E-state index contributed by atoms with van der Waals surface area (Å²) in [4.78, 5) is 4.00. The second-order valence-corrected chi connectivity index (χ2v) is 4.26. The van der Waals surface area contributed by atoms with Crippen LogP contribution in [0.25, 0.3) is 0 Å². The van der Waals surface area contributed by atoms with Crippen molar-refractivity contribution in [2.75, 3.05) is 0 Å². The van der Waals surface area contributed by atoms with Crippen LogP contribution in [0, 0.1) is 5.82 Å². The molecule has 5 nitrogen and oxygen atoms in total. The predicted octanol–water partition coefficient (Wildman–Crippen LogP) is 1.60. The molecule has 0 aliphatic carbocycles. The van der Waals surface area contributed by atoms with Crippen LogP contribution in [-0.4, -0.2) is 16.0 Å². The molecule has 0 saturated heterocycles. The summed E-state index contributed by atoms with van der Waals surface area (Å²) in [5.41, 5.74) is 7.29. The quantitative estimate of drug-likeness (QED) is 0.335. The van der Waals surface area contributed by atoms with Gasteiger partial charge in [0.15, 0.2) is 5.84 Å². The Morgan fingerprint density at radius 3 is 2.85 bits per heavy atom. The number of aromatic nitrogens is 1. The molecule has 2 rings (SSSR count). The number of halogens is 1. The lowest BCUT2D eigenvalue weighted by molar-refractivity contribution is 0.318. The minimum Gasteiger partial charge on any atom is -0.409 e. The average molecular weight is 274 g/mol. The van der Waals surface area contributed by atoms with Gasteiger partial charge in [-0.3, -0.25) is 4.98 Å². The van der Waals surface area contributed by atoms with E-state index in [1.165, 1.54) is 6.07 Å². The standard InChI is InChI=1S/C14H15FN4O/c15-13-6-11(14(16)19-20)3-4-12(13)9-18-8-10-2-1-5-17-7-10/h1-7,18,20H,8-9H2,(H2,16,19). The first kappa shape index (κ1) is 14.0. The fourth-order valence-corrected chi connectivity index (χ4v) is 1.75. The van der Waals surface area contributed by atoms with Crippen LogP contribution in [0.5, 0.6) is 0 Å². The molecule has 0 aliphatic rings. The average Bonchev–Trinajstić information content (AvgIpc) is 2.49. The molecule has 0 fully saturated rings. The van der Waals surface area contributed by atoms with E-state index in [1.807, 2.05) is 12.1 Å². The van der Waals surface area contributed by atoms with Crippen LogP contribution in [0.2, 0.25) is 0 Å². The smallest absolute Gasteiger partial charge is 0.170 e. The SMILES string of the molecule is NC(=NO)c1ccc(CNCc2cccnc2)c(F)c1. The Bertz CT molecular complexity index is 601. The summed E-state index contributed by atoms with van der Waals surface area (Å²) < 4.78 is 13.8. The molecule has 0 radical (unpaired) electrons. The zero-order chi connectivity index (χ0) is 14.4. The third-order valence-corrected chi connectivity index (χ3v) is 2.82. The summed E-state index contributed by atoms with van der Waals surface area (Å²) in [6, 6.07) is 8.26. The molecule has 0 bridgehead atoms. The van der Waals surface area contributed by atoms with Crippen LogP contribution in [0.4, 0.5) is 4.39 Å². The molecule has 0 aliphatic heterocycles.